The fourth-order valence-electron chi connectivity index (χ4n) is 3.65. The molecule has 1 aliphatic rings. The smallest absolute Gasteiger partial charge is 0.201 e. The van der Waals surface area contributed by atoms with Crippen molar-refractivity contribution in [3.8, 4) is 28.0 Å². The van der Waals surface area contributed by atoms with Gasteiger partial charge in [0.25, 0.3) is 0 Å². The summed E-state index contributed by atoms with van der Waals surface area (Å²) in [6.45, 7) is 6.57. The molecule has 0 aromatic heterocycles. The third-order valence-electron chi connectivity index (χ3n) is 5.60. The lowest BCUT2D eigenvalue weighted by Gasteiger charge is -2.28. The van der Waals surface area contributed by atoms with Gasteiger partial charge in [0.05, 0.1) is 19.5 Å². The van der Waals surface area contributed by atoms with E-state index in [2.05, 4.69) is 6.58 Å². The minimum Gasteiger partial charge on any atom is -0.462 e. The number of benzene rings is 3. The van der Waals surface area contributed by atoms with Gasteiger partial charge in [0, 0.05) is 22.6 Å². The van der Waals surface area contributed by atoms with Crippen LogP contribution in [0.4, 0.5) is 13.2 Å². The quantitative estimate of drug-likeness (QED) is 0.265. The van der Waals surface area contributed by atoms with Crippen molar-refractivity contribution in [1.82, 2.24) is 0 Å². The van der Waals surface area contributed by atoms with Crippen LogP contribution in [0.2, 0.25) is 0 Å². The highest BCUT2D eigenvalue weighted by molar-refractivity contribution is 5.71. The summed E-state index contributed by atoms with van der Waals surface area (Å²) in [6.07, 6.45) is 4.90. The van der Waals surface area contributed by atoms with Gasteiger partial charge >= 0.3 is 0 Å². The second-order valence-electron chi connectivity index (χ2n) is 7.95. The number of hydrogen-bond donors (Lipinski definition) is 0. The van der Waals surface area contributed by atoms with Crippen molar-refractivity contribution in [1.29, 1.82) is 0 Å². The molecule has 4 rings (SSSR count). The van der Waals surface area contributed by atoms with Crippen LogP contribution in [-0.2, 0) is 9.47 Å². The first-order valence-corrected chi connectivity index (χ1v) is 11.1. The molecule has 3 aromatic rings. The van der Waals surface area contributed by atoms with Crippen molar-refractivity contribution in [2.45, 2.75) is 19.6 Å². The van der Waals surface area contributed by atoms with Gasteiger partial charge in [-0.2, -0.15) is 4.39 Å². The first kappa shape index (κ1) is 23.8. The number of halogens is 3. The molecule has 0 spiro atoms. The van der Waals surface area contributed by atoms with Gasteiger partial charge in [-0.1, -0.05) is 49.4 Å². The predicted octanol–water partition coefficient (Wildman–Crippen LogP) is 7.59. The number of hydrogen-bond acceptors (Lipinski definition) is 3. The fourth-order valence-corrected chi connectivity index (χ4v) is 3.65. The molecule has 1 aliphatic heterocycles. The monoisotopic (exact) mass is 466 g/mol. The van der Waals surface area contributed by atoms with Gasteiger partial charge in [0.2, 0.25) is 5.82 Å². The summed E-state index contributed by atoms with van der Waals surface area (Å²) in [5, 5.41) is 0. The SMILES string of the molecule is C=CC1COC(c2ccc(-c3ccc(-c4ccc(O/C=C\CC)c(F)c4F)cc3)c(F)c2)OC1. The molecule has 176 valence electrons. The molecule has 0 bridgehead atoms. The molecule has 0 saturated carbocycles. The molecule has 0 aliphatic carbocycles. The van der Waals surface area contributed by atoms with Crippen molar-refractivity contribution in [3.05, 3.63) is 103 Å². The van der Waals surface area contributed by atoms with E-state index in [0.717, 1.165) is 6.42 Å². The maximum atomic E-state index is 14.9. The molecule has 3 nitrogen and oxygen atoms in total. The maximum absolute atomic E-state index is 14.9. The van der Waals surface area contributed by atoms with Crippen LogP contribution in [0.5, 0.6) is 5.75 Å². The first-order valence-electron chi connectivity index (χ1n) is 11.1. The fraction of sp³-hybridized carbons (Fsp3) is 0.214. The highest BCUT2D eigenvalue weighted by atomic mass is 19.2. The molecule has 0 amide bonds. The molecule has 1 saturated heterocycles. The Labute approximate surface area is 197 Å². The molecule has 0 unspecified atom stereocenters. The number of rotatable bonds is 7. The number of ether oxygens (including phenoxy) is 3. The molecule has 0 atom stereocenters. The summed E-state index contributed by atoms with van der Waals surface area (Å²) in [5.41, 5.74) is 2.14. The van der Waals surface area contributed by atoms with Gasteiger partial charge in [0.15, 0.2) is 17.9 Å². The zero-order valence-corrected chi connectivity index (χ0v) is 18.8. The number of allylic oxidation sites excluding steroid dienone is 1. The van der Waals surface area contributed by atoms with Crippen LogP contribution < -0.4 is 4.74 Å². The first-order chi connectivity index (χ1) is 16.5. The lowest BCUT2D eigenvalue weighted by molar-refractivity contribution is -0.197. The van der Waals surface area contributed by atoms with Gasteiger partial charge in [0.1, 0.15) is 5.82 Å². The molecular weight excluding hydrogens is 441 g/mol. The van der Waals surface area contributed by atoms with E-state index in [0.29, 0.717) is 35.5 Å². The summed E-state index contributed by atoms with van der Waals surface area (Å²) in [5.74, 6) is -2.55. The minimum atomic E-state index is -1.06. The van der Waals surface area contributed by atoms with Crippen LogP contribution in [-0.4, -0.2) is 13.2 Å². The van der Waals surface area contributed by atoms with Crippen molar-refractivity contribution in [3.63, 3.8) is 0 Å². The summed E-state index contributed by atoms with van der Waals surface area (Å²) in [7, 11) is 0. The van der Waals surface area contributed by atoms with E-state index in [-0.39, 0.29) is 17.2 Å². The lowest BCUT2D eigenvalue weighted by atomic mass is 9.98. The molecule has 0 N–H and O–H groups in total. The zero-order chi connectivity index (χ0) is 24.1. The van der Waals surface area contributed by atoms with E-state index in [1.54, 1.807) is 48.6 Å². The maximum Gasteiger partial charge on any atom is 0.201 e. The summed E-state index contributed by atoms with van der Waals surface area (Å²) >= 11 is 0. The second-order valence-corrected chi connectivity index (χ2v) is 7.95. The van der Waals surface area contributed by atoms with Gasteiger partial charge in [-0.05, 0) is 41.8 Å². The molecule has 1 heterocycles. The highest BCUT2D eigenvalue weighted by Gasteiger charge is 2.23. The third kappa shape index (κ3) is 5.08. The van der Waals surface area contributed by atoms with Crippen molar-refractivity contribution >= 4 is 0 Å². The summed E-state index contributed by atoms with van der Waals surface area (Å²) in [6, 6.07) is 14.2. The molecule has 6 heteroatoms. The van der Waals surface area contributed by atoms with E-state index < -0.39 is 23.7 Å². The Balaban J connectivity index is 1.52. The summed E-state index contributed by atoms with van der Waals surface area (Å²) < 4.78 is 60.4. The van der Waals surface area contributed by atoms with Crippen molar-refractivity contribution in [2.75, 3.05) is 13.2 Å². The Morgan fingerprint density at radius 3 is 2.18 bits per heavy atom. The largest absolute Gasteiger partial charge is 0.462 e. The van der Waals surface area contributed by atoms with Crippen molar-refractivity contribution < 1.29 is 27.4 Å². The van der Waals surface area contributed by atoms with Crippen LogP contribution in [0.1, 0.15) is 25.2 Å². The van der Waals surface area contributed by atoms with E-state index in [1.165, 1.54) is 24.5 Å². The van der Waals surface area contributed by atoms with E-state index in [4.69, 9.17) is 14.2 Å². The van der Waals surface area contributed by atoms with Gasteiger partial charge in [-0.25, -0.2) is 8.78 Å². The second kappa shape index (κ2) is 10.7. The van der Waals surface area contributed by atoms with Crippen LogP contribution in [0.25, 0.3) is 22.3 Å². The van der Waals surface area contributed by atoms with Crippen LogP contribution >= 0.6 is 0 Å². The average Bonchev–Trinajstić information content (AvgIpc) is 2.87. The van der Waals surface area contributed by atoms with E-state index in [9.17, 15) is 13.2 Å². The Morgan fingerprint density at radius 2 is 1.56 bits per heavy atom. The summed E-state index contributed by atoms with van der Waals surface area (Å²) in [4.78, 5) is 0. The molecule has 0 radical (unpaired) electrons. The average molecular weight is 466 g/mol. The van der Waals surface area contributed by atoms with E-state index >= 15 is 0 Å². The van der Waals surface area contributed by atoms with Crippen LogP contribution in [0.3, 0.4) is 0 Å². The Hall–Kier alpha value is -3.35. The Bertz CT molecular complexity index is 1180. The minimum absolute atomic E-state index is 0.0936. The standard InChI is InChI=1S/C28H25F3O3/c1-3-5-14-32-25-13-12-23(26(30)27(25)31)20-8-6-19(7-9-20)22-11-10-21(15-24(22)29)28-33-16-18(4-2)17-34-28/h4-15,18,28H,2-3,16-17H2,1H3/b14-5-. The van der Waals surface area contributed by atoms with Crippen LogP contribution in [0, 0.1) is 23.4 Å². The predicted molar refractivity (Wildman–Crippen MR) is 126 cm³/mol. The lowest BCUT2D eigenvalue weighted by Crippen LogP contribution is -2.25. The third-order valence-corrected chi connectivity index (χ3v) is 5.60. The van der Waals surface area contributed by atoms with Crippen molar-refractivity contribution in [2.24, 2.45) is 5.92 Å². The molecule has 1 fully saturated rings. The van der Waals surface area contributed by atoms with Gasteiger partial charge < -0.3 is 14.2 Å². The molecule has 34 heavy (non-hydrogen) atoms. The Kier molecular flexibility index (Phi) is 7.50. The normalized spacial score (nSPS) is 18.2. The van der Waals surface area contributed by atoms with Gasteiger partial charge in [-0.3, -0.25) is 0 Å². The van der Waals surface area contributed by atoms with Gasteiger partial charge in [-0.15, -0.1) is 6.58 Å². The topological polar surface area (TPSA) is 27.7 Å². The van der Waals surface area contributed by atoms with E-state index in [1.807, 2.05) is 6.92 Å². The molecular formula is C28H25F3O3. The highest BCUT2D eigenvalue weighted by Crippen LogP contribution is 2.33. The molecule has 3 aromatic carbocycles. The zero-order valence-electron chi connectivity index (χ0n) is 18.8. The van der Waals surface area contributed by atoms with Crippen LogP contribution in [0.15, 0.2) is 79.6 Å². The Morgan fingerprint density at radius 1 is 0.912 bits per heavy atom.